The molecular formula is C26H62O9Si4. The Kier molecular flexibility index (Phi) is 19.2. The smallest absolute Gasteiger partial charge is 0.328 e. The van der Waals surface area contributed by atoms with Crippen molar-refractivity contribution in [3.05, 3.63) is 0 Å². The summed E-state index contributed by atoms with van der Waals surface area (Å²) in [6.45, 7) is 27.0. The molecule has 0 saturated heterocycles. The number of hydrogen-bond donors (Lipinski definition) is 0. The molecule has 0 rings (SSSR count). The van der Waals surface area contributed by atoms with E-state index in [0.29, 0.717) is 50.6 Å². The summed E-state index contributed by atoms with van der Waals surface area (Å²) in [4.78, 5) is 0. The van der Waals surface area contributed by atoms with Gasteiger partial charge >= 0.3 is 34.2 Å². The van der Waals surface area contributed by atoms with E-state index in [1.54, 1.807) is 14.2 Å². The monoisotopic (exact) mass is 630 g/mol. The van der Waals surface area contributed by atoms with Crippen LogP contribution in [0, 0.1) is 0 Å². The lowest BCUT2D eigenvalue weighted by Crippen LogP contribution is -2.61. The van der Waals surface area contributed by atoms with E-state index in [-0.39, 0.29) is 24.4 Å². The molecule has 13 heteroatoms. The molecule has 236 valence electrons. The van der Waals surface area contributed by atoms with E-state index < -0.39 is 34.2 Å². The third-order valence-electron chi connectivity index (χ3n) is 6.19. The highest BCUT2D eigenvalue weighted by atomic mass is 28.5. The van der Waals surface area contributed by atoms with Gasteiger partial charge in [-0.1, -0.05) is 0 Å². The van der Waals surface area contributed by atoms with Crippen molar-refractivity contribution in [2.45, 2.75) is 130 Å². The molecule has 0 fully saturated rings. The molecule has 4 unspecified atom stereocenters. The van der Waals surface area contributed by atoms with Gasteiger partial charge in [0, 0.05) is 64.8 Å². The van der Waals surface area contributed by atoms with E-state index in [4.69, 9.17) is 40.1 Å². The molecule has 0 aromatic carbocycles. The Morgan fingerprint density at radius 2 is 0.590 bits per heavy atom. The first-order valence-corrected chi connectivity index (χ1v) is 24.7. The lowest BCUT2D eigenvalue weighted by atomic mass is 10.5. The Hall–Kier alpha value is 0.508. The van der Waals surface area contributed by atoms with Crippen LogP contribution < -0.4 is 0 Å². The highest BCUT2D eigenvalue weighted by Crippen LogP contribution is 2.32. The van der Waals surface area contributed by atoms with Gasteiger partial charge < -0.3 is 40.1 Å². The van der Waals surface area contributed by atoms with Gasteiger partial charge in [-0.25, -0.2) is 0 Å². The molecule has 0 amide bonds. The maximum absolute atomic E-state index is 7.14. The second kappa shape index (κ2) is 18.9. The van der Waals surface area contributed by atoms with Crippen molar-refractivity contribution in [3.8, 4) is 0 Å². The molecule has 0 aliphatic rings. The van der Waals surface area contributed by atoms with E-state index >= 15 is 0 Å². The standard InChI is InChI=1S/C26H62O9Si4/c1-23(2)29-15-19-36(11,27-9)33-38(13,21-17-31-25(5)6)35-39(14,22-18-32-26(7)8)34-37(12,28-10)20-16-30-24(3)4/h23-26H,15-22H2,1-14H3. The summed E-state index contributed by atoms with van der Waals surface area (Å²) in [6.07, 6.45) is 0.554. The van der Waals surface area contributed by atoms with Crippen molar-refractivity contribution in [1.29, 1.82) is 0 Å². The normalized spacial score (nSPS) is 18.9. The zero-order chi connectivity index (χ0) is 30.3. The van der Waals surface area contributed by atoms with E-state index in [1.165, 1.54) is 0 Å². The minimum absolute atomic E-state index is 0.123. The molecule has 0 saturated carbocycles. The summed E-state index contributed by atoms with van der Waals surface area (Å²) < 4.78 is 56.8. The topological polar surface area (TPSA) is 83.1 Å². The predicted molar refractivity (Wildman–Crippen MR) is 167 cm³/mol. The zero-order valence-corrected chi connectivity index (χ0v) is 31.6. The van der Waals surface area contributed by atoms with Gasteiger partial charge in [0.1, 0.15) is 0 Å². The Morgan fingerprint density at radius 3 is 0.795 bits per heavy atom. The Balaban J connectivity index is 6.09. The van der Waals surface area contributed by atoms with Crippen LogP contribution in [0.5, 0.6) is 0 Å². The number of rotatable bonds is 24. The van der Waals surface area contributed by atoms with Crippen LogP contribution in [0.3, 0.4) is 0 Å². The van der Waals surface area contributed by atoms with Gasteiger partial charge in [-0.15, -0.1) is 0 Å². The number of ether oxygens (including phenoxy) is 4. The maximum atomic E-state index is 7.14. The Labute approximate surface area is 244 Å². The van der Waals surface area contributed by atoms with Gasteiger partial charge in [0.05, 0.1) is 24.4 Å². The summed E-state index contributed by atoms with van der Waals surface area (Å²) >= 11 is 0. The molecular weight excluding hydrogens is 569 g/mol. The first-order chi connectivity index (χ1) is 17.9. The van der Waals surface area contributed by atoms with Crippen LogP contribution in [0.25, 0.3) is 0 Å². The van der Waals surface area contributed by atoms with E-state index in [9.17, 15) is 0 Å². The van der Waals surface area contributed by atoms with Gasteiger partial charge in [-0.3, -0.25) is 0 Å². The fourth-order valence-corrected chi connectivity index (χ4v) is 21.4. The molecule has 0 aliphatic carbocycles. The minimum Gasteiger partial charge on any atom is -0.415 e. The van der Waals surface area contributed by atoms with Gasteiger partial charge in [0.15, 0.2) is 0 Å². The first kappa shape index (κ1) is 39.5. The molecule has 9 nitrogen and oxygen atoms in total. The van der Waals surface area contributed by atoms with Crippen LogP contribution in [0.2, 0.25) is 50.4 Å². The quantitative estimate of drug-likeness (QED) is 0.114. The van der Waals surface area contributed by atoms with Crippen LogP contribution >= 0.6 is 0 Å². The molecule has 0 aromatic heterocycles. The molecule has 0 aromatic rings. The average molecular weight is 631 g/mol. The summed E-state index contributed by atoms with van der Waals surface area (Å²) in [5.74, 6) is 0. The predicted octanol–water partition coefficient (Wildman–Crippen LogP) is 6.32. The van der Waals surface area contributed by atoms with Crippen LogP contribution in [0.4, 0.5) is 0 Å². The third kappa shape index (κ3) is 18.6. The van der Waals surface area contributed by atoms with Crippen molar-refractivity contribution in [3.63, 3.8) is 0 Å². The second-order valence-electron chi connectivity index (χ2n) is 11.9. The van der Waals surface area contributed by atoms with Crippen molar-refractivity contribution < 1.29 is 40.1 Å². The fraction of sp³-hybridized carbons (Fsp3) is 1.00. The van der Waals surface area contributed by atoms with Crippen molar-refractivity contribution >= 4 is 34.2 Å². The third-order valence-corrected chi connectivity index (χ3v) is 22.7. The summed E-state index contributed by atoms with van der Waals surface area (Å²) in [7, 11) is -7.44. The average Bonchev–Trinajstić information content (AvgIpc) is 2.77. The van der Waals surface area contributed by atoms with Crippen molar-refractivity contribution in [1.82, 2.24) is 0 Å². The lowest BCUT2D eigenvalue weighted by Gasteiger charge is -2.44. The highest BCUT2D eigenvalue weighted by Gasteiger charge is 2.51. The maximum Gasteiger partial charge on any atom is 0.328 e. The molecule has 39 heavy (non-hydrogen) atoms. The van der Waals surface area contributed by atoms with Gasteiger partial charge in [0.25, 0.3) is 0 Å². The van der Waals surface area contributed by atoms with Gasteiger partial charge in [0.2, 0.25) is 0 Å². The van der Waals surface area contributed by atoms with Crippen molar-refractivity contribution in [2.24, 2.45) is 0 Å². The number of hydrogen-bond acceptors (Lipinski definition) is 9. The lowest BCUT2D eigenvalue weighted by molar-refractivity contribution is 0.0790. The molecule has 0 radical (unpaired) electrons. The summed E-state index contributed by atoms with van der Waals surface area (Å²) in [6, 6.07) is 2.76. The van der Waals surface area contributed by atoms with Crippen LogP contribution in [-0.2, 0) is 40.1 Å². The largest absolute Gasteiger partial charge is 0.415 e. The molecule has 0 spiro atoms. The molecule has 0 heterocycles. The summed E-state index contributed by atoms with van der Waals surface area (Å²) in [5.41, 5.74) is 0. The Bertz CT molecular complexity index is 595. The van der Waals surface area contributed by atoms with Crippen LogP contribution in [0.1, 0.15) is 55.4 Å². The molecule has 0 aliphatic heterocycles. The SMILES string of the molecule is CO[Si](C)(CCOC(C)C)O[Si](C)(CCOC(C)C)O[Si](C)(CCOC(C)C)O[Si](C)(CCOC(C)C)OC. The zero-order valence-electron chi connectivity index (χ0n) is 27.6. The minimum atomic E-state index is -2.85. The van der Waals surface area contributed by atoms with Gasteiger partial charge in [-0.2, -0.15) is 0 Å². The molecule has 4 atom stereocenters. The summed E-state index contributed by atoms with van der Waals surface area (Å²) in [5, 5.41) is 0. The first-order valence-electron chi connectivity index (χ1n) is 14.6. The van der Waals surface area contributed by atoms with E-state index in [0.717, 1.165) is 0 Å². The highest BCUT2D eigenvalue weighted by molar-refractivity contribution is 6.88. The van der Waals surface area contributed by atoms with Crippen LogP contribution in [0.15, 0.2) is 0 Å². The molecule has 0 N–H and O–H groups in total. The van der Waals surface area contributed by atoms with Gasteiger partial charge in [-0.05, 0) is 81.6 Å². The van der Waals surface area contributed by atoms with Crippen molar-refractivity contribution in [2.75, 3.05) is 40.6 Å². The fourth-order valence-electron chi connectivity index (χ4n) is 3.93. The Morgan fingerprint density at radius 1 is 0.385 bits per heavy atom. The van der Waals surface area contributed by atoms with E-state index in [1.807, 2.05) is 55.4 Å². The van der Waals surface area contributed by atoms with E-state index in [2.05, 4.69) is 26.2 Å². The molecule has 0 bridgehead atoms. The second-order valence-corrected chi connectivity index (χ2v) is 26.3. The van der Waals surface area contributed by atoms with Crippen LogP contribution in [-0.4, -0.2) is 99.3 Å².